The summed E-state index contributed by atoms with van der Waals surface area (Å²) in [5.41, 5.74) is 0.783. The molecule has 0 saturated carbocycles. The molecule has 1 fully saturated rings. The van der Waals surface area contributed by atoms with E-state index in [0.717, 1.165) is 18.4 Å². The first kappa shape index (κ1) is 17.6. The highest BCUT2D eigenvalue weighted by molar-refractivity contribution is 5.46. The molecule has 0 aliphatic carbocycles. The predicted octanol–water partition coefficient (Wildman–Crippen LogP) is 3.56. The minimum Gasteiger partial charge on any atom is -0.472 e. The number of halogens is 1. The highest BCUT2D eigenvalue weighted by atomic mass is 19.1. The van der Waals surface area contributed by atoms with Crippen molar-refractivity contribution in [3.63, 3.8) is 0 Å². The fourth-order valence-electron chi connectivity index (χ4n) is 3.16. The summed E-state index contributed by atoms with van der Waals surface area (Å²) in [4.78, 5) is 8.61. The van der Waals surface area contributed by atoms with Crippen LogP contribution in [-0.2, 0) is 10.2 Å². The lowest BCUT2D eigenvalue weighted by atomic mass is 9.74. The van der Waals surface area contributed by atoms with Gasteiger partial charge in [-0.15, -0.1) is 0 Å². The van der Waals surface area contributed by atoms with Crippen molar-refractivity contribution < 1.29 is 13.9 Å². The number of hydrogen-bond acceptors (Lipinski definition) is 5. The third-order valence-corrected chi connectivity index (χ3v) is 4.49. The maximum absolute atomic E-state index is 13.8. The summed E-state index contributed by atoms with van der Waals surface area (Å²) >= 11 is 0. The third kappa shape index (κ3) is 4.25. The topological polar surface area (TPSA) is 56.3 Å². The van der Waals surface area contributed by atoms with E-state index in [0.29, 0.717) is 31.5 Å². The van der Waals surface area contributed by atoms with E-state index in [4.69, 9.17) is 9.47 Å². The van der Waals surface area contributed by atoms with Crippen LogP contribution >= 0.6 is 0 Å². The van der Waals surface area contributed by atoms with E-state index in [1.54, 1.807) is 24.5 Å². The normalized spacial score (nSPS) is 16.6. The molecule has 1 aromatic heterocycles. The van der Waals surface area contributed by atoms with Crippen molar-refractivity contribution in [2.24, 2.45) is 0 Å². The zero-order valence-electron chi connectivity index (χ0n) is 14.7. The molecular weight excluding hydrogens is 321 g/mol. The largest absolute Gasteiger partial charge is 0.472 e. The lowest BCUT2D eigenvalue weighted by Crippen LogP contribution is -2.40. The summed E-state index contributed by atoms with van der Waals surface area (Å²) < 4.78 is 25.0. The van der Waals surface area contributed by atoms with Gasteiger partial charge in [-0.2, -0.15) is 0 Å². The second-order valence-corrected chi connectivity index (χ2v) is 6.63. The molecule has 0 radical (unpaired) electrons. The van der Waals surface area contributed by atoms with Gasteiger partial charge in [-0.3, -0.25) is 0 Å². The minimum atomic E-state index is -0.216. The first-order chi connectivity index (χ1) is 12.1. The SMILES string of the molecule is CC(C)Oc1nccnc1NCC1(c2cccc(F)c2)CCOCC1. The number of ether oxygens (including phenoxy) is 2. The maximum atomic E-state index is 13.8. The van der Waals surface area contributed by atoms with Gasteiger partial charge < -0.3 is 14.8 Å². The average molecular weight is 345 g/mol. The Labute approximate surface area is 147 Å². The summed E-state index contributed by atoms with van der Waals surface area (Å²) in [5, 5.41) is 3.37. The molecule has 0 spiro atoms. The Hall–Kier alpha value is -2.21. The number of nitrogens with zero attached hydrogens (tertiary/aromatic N) is 2. The summed E-state index contributed by atoms with van der Waals surface area (Å²) in [6.45, 7) is 5.84. The zero-order valence-corrected chi connectivity index (χ0v) is 14.7. The van der Waals surface area contributed by atoms with Crippen molar-refractivity contribution in [2.45, 2.75) is 38.2 Å². The Kier molecular flexibility index (Phi) is 5.48. The highest BCUT2D eigenvalue weighted by Gasteiger charge is 2.35. The molecule has 6 heteroatoms. The van der Waals surface area contributed by atoms with Crippen molar-refractivity contribution in [1.82, 2.24) is 9.97 Å². The van der Waals surface area contributed by atoms with Crippen molar-refractivity contribution in [3.8, 4) is 5.88 Å². The van der Waals surface area contributed by atoms with Gasteiger partial charge in [0.1, 0.15) is 5.82 Å². The first-order valence-corrected chi connectivity index (χ1v) is 8.64. The summed E-state index contributed by atoms with van der Waals surface area (Å²) in [6, 6.07) is 6.84. The van der Waals surface area contributed by atoms with Gasteiger partial charge in [-0.25, -0.2) is 14.4 Å². The monoisotopic (exact) mass is 345 g/mol. The van der Waals surface area contributed by atoms with Crippen LogP contribution in [0, 0.1) is 5.82 Å². The summed E-state index contributed by atoms with van der Waals surface area (Å²) in [5.74, 6) is 0.879. The smallest absolute Gasteiger partial charge is 0.257 e. The van der Waals surface area contributed by atoms with Crippen LogP contribution in [0.5, 0.6) is 5.88 Å². The Morgan fingerprint density at radius 2 is 2.00 bits per heavy atom. The molecule has 3 rings (SSSR count). The number of aromatic nitrogens is 2. The molecule has 1 aliphatic rings. The van der Waals surface area contributed by atoms with E-state index < -0.39 is 0 Å². The quantitative estimate of drug-likeness (QED) is 0.867. The van der Waals surface area contributed by atoms with Gasteiger partial charge in [0.2, 0.25) is 0 Å². The fourth-order valence-corrected chi connectivity index (χ4v) is 3.16. The fraction of sp³-hybridized carbons (Fsp3) is 0.474. The summed E-state index contributed by atoms with van der Waals surface area (Å²) in [6.07, 6.45) is 4.90. The number of nitrogens with one attached hydrogen (secondary N) is 1. The van der Waals surface area contributed by atoms with Crippen LogP contribution in [-0.4, -0.2) is 35.8 Å². The summed E-state index contributed by atoms with van der Waals surface area (Å²) in [7, 11) is 0. The van der Waals surface area contributed by atoms with E-state index >= 15 is 0 Å². The van der Waals surface area contributed by atoms with Gasteiger partial charge in [0.15, 0.2) is 5.82 Å². The second kappa shape index (κ2) is 7.78. The predicted molar refractivity (Wildman–Crippen MR) is 94.4 cm³/mol. The molecule has 0 atom stereocenters. The average Bonchev–Trinajstić information content (AvgIpc) is 2.61. The van der Waals surface area contributed by atoms with Crippen molar-refractivity contribution >= 4 is 5.82 Å². The van der Waals surface area contributed by atoms with Crippen LogP contribution in [0.4, 0.5) is 10.2 Å². The molecule has 0 amide bonds. The number of benzene rings is 1. The van der Waals surface area contributed by atoms with Crippen LogP contribution in [0.3, 0.4) is 0 Å². The molecule has 0 bridgehead atoms. The number of rotatable bonds is 6. The van der Waals surface area contributed by atoms with E-state index in [1.807, 2.05) is 19.9 Å². The van der Waals surface area contributed by atoms with E-state index in [-0.39, 0.29) is 17.3 Å². The molecule has 5 nitrogen and oxygen atoms in total. The molecule has 1 aliphatic heterocycles. The maximum Gasteiger partial charge on any atom is 0.257 e. The first-order valence-electron chi connectivity index (χ1n) is 8.64. The van der Waals surface area contributed by atoms with E-state index in [1.165, 1.54) is 6.07 Å². The van der Waals surface area contributed by atoms with Crippen molar-refractivity contribution in [2.75, 3.05) is 25.1 Å². The van der Waals surface area contributed by atoms with Gasteiger partial charge in [-0.1, -0.05) is 12.1 Å². The van der Waals surface area contributed by atoms with Gasteiger partial charge in [0.05, 0.1) is 6.10 Å². The Bertz CT molecular complexity index is 703. The molecule has 2 aromatic rings. The van der Waals surface area contributed by atoms with Crippen LogP contribution in [0.25, 0.3) is 0 Å². The zero-order chi connectivity index (χ0) is 17.7. The number of hydrogen-bond donors (Lipinski definition) is 1. The van der Waals surface area contributed by atoms with E-state index in [9.17, 15) is 4.39 Å². The highest BCUT2D eigenvalue weighted by Crippen LogP contribution is 2.36. The van der Waals surface area contributed by atoms with Gasteiger partial charge >= 0.3 is 0 Å². The molecule has 134 valence electrons. The minimum absolute atomic E-state index is 0.0116. The molecule has 1 saturated heterocycles. The third-order valence-electron chi connectivity index (χ3n) is 4.49. The van der Waals surface area contributed by atoms with Crippen LogP contribution in [0.15, 0.2) is 36.7 Å². The van der Waals surface area contributed by atoms with E-state index in [2.05, 4.69) is 15.3 Å². The Morgan fingerprint density at radius 3 is 2.72 bits per heavy atom. The molecular formula is C19H24FN3O2. The standard InChI is InChI=1S/C19H24FN3O2/c1-14(2)25-18-17(21-8-9-22-18)23-13-19(6-10-24-11-7-19)15-4-3-5-16(20)12-15/h3-5,8-9,12,14H,6-7,10-11,13H2,1-2H3,(H,21,23). The second-order valence-electron chi connectivity index (χ2n) is 6.63. The number of anilines is 1. The van der Waals surface area contributed by atoms with Crippen LogP contribution < -0.4 is 10.1 Å². The Morgan fingerprint density at radius 1 is 1.24 bits per heavy atom. The van der Waals surface area contributed by atoms with Crippen LogP contribution in [0.2, 0.25) is 0 Å². The molecule has 2 heterocycles. The molecule has 1 N–H and O–H groups in total. The van der Waals surface area contributed by atoms with Gasteiger partial charge in [-0.05, 0) is 44.4 Å². The van der Waals surface area contributed by atoms with Gasteiger partial charge in [0.25, 0.3) is 5.88 Å². The van der Waals surface area contributed by atoms with Crippen molar-refractivity contribution in [3.05, 3.63) is 48.0 Å². The van der Waals surface area contributed by atoms with Gasteiger partial charge in [0, 0.05) is 37.6 Å². The lowest BCUT2D eigenvalue weighted by molar-refractivity contribution is 0.0542. The molecule has 25 heavy (non-hydrogen) atoms. The lowest BCUT2D eigenvalue weighted by Gasteiger charge is -2.38. The van der Waals surface area contributed by atoms with Crippen LogP contribution in [0.1, 0.15) is 32.3 Å². The molecule has 0 unspecified atom stereocenters. The van der Waals surface area contributed by atoms with Crippen molar-refractivity contribution in [1.29, 1.82) is 0 Å². The molecule has 1 aromatic carbocycles. The Balaban J connectivity index is 1.83.